The van der Waals surface area contributed by atoms with Crippen LogP contribution in [-0.4, -0.2) is 4.57 Å². The number of benzene rings is 1. The van der Waals surface area contributed by atoms with Crippen LogP contribution < -0.4 is 17.0 Å². The van der Waals surface area contributed by atoms with E-state index in [1.54, 1.807) is 0 Å². The molecule has 0 saturated heterocycles. The Hall–Kier alpha value is -0.540. The second-order valence-electron chi connectivity index (χ2n) is 3.24. The molecule has 2 rings (SSSR count). The van der Waals surface area contributed by atoms with Gasteiger partial charge in [0.1, 0.15) is 18.9 Å². The van der Waals surface area contributed by atoms with Crippen molar-refractivity contribution in [3.63, 3.8) is 0 Å². The van der Waals surface area contributed by atoms with Crippen molar-refractivity contribution >= 4 is 0 Å². The summed E-state index contributed by atoms with van der Waals surface area (Å²) < 4.78 is 4.21. The summed E-state index contributed by atoms with van der Waals surface area (Å²) in [5.74, 6) is 0. The summed E-state index contributed by atoms with van der Waals surface area (Å²) in [4.78, 5) is 0. The van der Waals surface area contributed by atoms with Gasteiger partial charge in [-0.1, -0.05) is 30.3 Å². The first-order chi connectivity index (χ1) is 6.34. The van der Waals surface area contributed by atoms with Gasteiger partial charge in [0.05, 0.1) is 7.05 Å². The van der Waals surface area contributed by atoms with Crippen LogP contribution in [0.25, 0.3) is 0 Å². The van der Waals surface area contributed by atoms with Gasteiger partial charge in [-0.15, -0.1) is 0 Å². The maximum Gasteiger partial charge on any atom is 1.00 e. The molecule has 1 aromatic carbocycles. The minimum absolute atomic E-state index is 0. The second-order valence-corrected chi connectivity index (χ2v) is 3.24. The normalized spacial score (nSPS) is 8.87. The Labute approximate surface area is 112 Å². The number of halogens is 1. The molecule has 2 aromatic rings. The summed E-state index contributed by atoms with van der Waals surface area (Å²) in [7, 11) is 2.03. The fourth-order valence-corrected chi connectivity index (χ4v) is 1.39. The maximum absolute atomic E-state index is 2.16. The summed E-state index contributed by atoms with van der Waals surface area (Å²) in [6.07, 6.45) is 6.20. The van der Waals surface area contributed by atoms with E-state index in [0.29, 0.717) is 0 Å². The second kappa shape index (κ2) is 6.85. The molecule has 0 unspecified atom stereocenters. The van der Waals surface area contributed by atoms with Gasteiger partial charge in [0.25, 0.3) is 0 Å². The van der Waals surface area contributed by atoms with Crippen LogP contribution in [0.3, 0.4) is 0 Å². The Kier molecular flexibility index (Phi) is 6.61. The Balaban J connectivity index is 0.000000980. The van der Waals surface area contributed by atoms with Gasteiger partial charge in [-0.2, -0.15) is 0 Å². The molecule has 0 spiro atoms. The van der Waals surface area contributed by atoms with Crippen molar-refractivity contribution in [2.75, 3.05) is 0 Å². The summed E-state index contributed by atoms with van der Waals surface area (Å²) >= 11 is 0. The molecular formula is C11H13AuClN2+. The summed E-state index contributed by atoms with van der Waals surface area (Å²) in [6, 6.07) is 10.5. The van der Waals surface area contributed by atoms with Crippen LogP contribution in [0.2, 0.25) is 0 Å². The van der Waals surface area contributed by atoms with Gasteiger partial charge in [-0.25, -0.2) is 9.13 Å². The zero-order valence-electron chi connectivity index (χ0n) is 8.40. The standard InChI is InChI=1S/C11H13N2.Au.ClH/c1-12-7-8-13(10-12)9-11-5-3-2-4-6-11;;/h2-8,10H,9H2,1H3;;1H/q2*+1;/p-1. The Morgan fingerprint density at radius 2 is 1.87 bits per heavy atom. The number of nitrogens with zero attached hydrogens (tertiary/aromatic N) is 2. The number of rotatable bonds is 2. The van der Waals surface area contributed by atoms with Crippen molar-refractivity contribution in [3.8, 4) is 0 Å². The number of aryl methyl sites for hydroxylation is 1. The van der Waals surface area contributed by atoms with Crippen molar-refractivity contribution in [1.29, 1.82) is 0 Å². The number of hydrogen-bond donors (Lipinski definition) is 0. The first-order valence-corrected chi connectivity index (χ1v) is 4.39. The summed E-state index contributed by atoms with van der Waals surface area (Å²) in [5, 5.41) is 0. The summed E-state index contributed by atoms with van der Waals surface area (Å²) in [5.41, 5.74) is 1.33. The van der Waals surface area contributed by atoms with E-state index in [2.05, 4.69) is 41.4 Å². The first kappa shape index (κ1) is 14.5. The van der Waals surface area contributed by atoms with Gasteiger partial charge in [0.15, 0.2) is 0 Å². The number of imidazole rings is 1. The smallest absolute Gasteiger partial charge is 1.00 e. The van der Waals surface area contributed by atoms with Crippen molar-refractivity contribution in [1.82, 2.24) is 4.57 Å². The molecule has 0 amide bonds. The zero-order chi connectivity index (χ0) is 9.10. The fourth-order valence-electron chi connectivity index (χ4n) is 1.39. The van der Waals surface area contributed by atoms with Crippen molar-refractivity contribution < 1.29 is 39.4 Å². The molecule has 0 saturated carbocycles. The van der Waals surface area contributed by atoms with Gasteiger partial charge in [-0.3, -0.25) is 0 Å². The van der Waals surface area contributed by atoms with Crippen molar-refractivity contribution in [2.24, 2.45) is 7.05 Å². The number of aromatic nitrogens is 2. The van der Waals surface area contributed by atoms with Gasteiger partial charge in [0.2, 0.25) is 6.33 Å². The predicted octanol–water partition coefficient (Wildman–Crippen LogP) is -1.64. The zero-order valence-corrected chi connectivity index (χ0v) is 11.3. The van der Waals surface area contributed by atoms with Crippen LogP contribution in [0.15, 0.2) is 49.1 Å². The Morgan fingerprint density at radius 3 is 2.40 bits per heavy atom. The molecule has 2 nitrogen and oxygen atoms in total. The van der Waals surface area contributed by atoms with E-state index in [1.165, 1.54) is 5.56 Å². The molecule has 0 N–H and O–H groups in total. The SMILES string of the molecule is C[n+]1ccn(Cc2ccccc2)c1.[Au+].[Cl-]. The van der Waals surface area contributed by atoms with Crippen LogP contribution in [-0.2, 0) is 36.0 Å². The van der Waals surface area contributed by atoms with Crippen molar-refractivity contribution in [3.05, 3.63) is 54.6 Å². The van der Waals surface area contributed by atoms with Crippen LogP contribution in [0, 0.1) is 0 Å². The largest absolute Gasteiger partial charge is 1.00 e. The van der Waals surface area contributed by atoms with Crippen LogP contribution >= 0.6 is 0 Å². The topological polar surface area (TPSA) is 8.81 Å². The van der Waals surface area contributed by atoms with Gasteiger partial charge >= 0.3 is 22.4 Å². The Bertz CT molecular complexity index is 386. The maximum atomic E-state index is 2.16. The van der Waals surface area contributed by atoms with Gasteiger partial charge in [-0.05, 0) is 5.56 Å². The van der Waals surface area contributed by atoms with E-state index in [1.807, 2.05) is 23.9 Å². The predicted molar refractivity (Wildman–Crippen MR) is 51.2 cm³/mol. The van der Waals surface area contributed by atoms with E-state index in [-0.39, 0.29) is 34.8 Å². The van der Waals surface area contributed by atoms with Crippen LogP contribution in [0.4, 0.5) is 0 Å². The third-order valence-corrected chi connectivity index (χ3v) is 2.03. The van der Waals surface area contributed by atoms with Crippen molar-refractivity contribution in [2.45, 2.75) is 6.54 Å². The first-order valence-electron chi connectivity index (χ1n) is 4.39. The van der Waals surface area contributed by atoms with E-state index in [4.69, 9.17) is 0 Å². The van der Waals surface area contributed by atoms with E-state index in [0.717, 1.165) is 6.54 Å². The molecular weight excluding hydrogens is 393 g/mol. The molecule has 0 atom stereocenters. The third-order valence-electron chi connectivity index (χ3n) is 2.03. The average Bonchev–Trinajstić information content (AvgIpc) is 2.53. The number of hydrogen-bond acceptors (Lipinski definition) is 0. The Morgan fingerprint density at radius 1 is 1.20 bits per heavy atom. The van der Waals surface area contributed by atoms with Gasteiger partial charge in [0, 0.05) is 0 Å². The monoisotopic (exact) mass is 405 g/mol. The molecule has 0 aliphatic rings. The molecule has 0 bridgehead atoms. The van der Waals surface area contributed by atoms with Gasteiger partial charge < -0.3 is 12.4 Å². The molecule has 0 aliphatic carbocycles. The molecule has 1 heterocycles. The molecule has 0 fully saturated rings. The summed E-state index contributed by atoms with van der Waals surface area (Å²) in [6.45, 7) is 0.946. The molecule has 1 aromatic heterocycles. The minimum Gasteiger partial charge on any atom is -1.00 e. The van der Waals surface area contributed by atoms with E-state index < -0.39 is 0 Å². The van der Waals surface area contributed by atoms with Crippen LogP contribution in [0.5, 0.6) is 0 Å². The van der Waals surface area contributed by atoms with Crippen LogP contribution in [0.1, 0.15) is 5.56 Å². The van der Waals surface area contributed by atoms with E-state index in [9.17, 15) is 0 Å². The molecule has 15 heavy (non-hydrogen) atoms. The minimum atomic E-state index is 0. The molecule has 0 radical (unpaired) electrons. The molecule has 84 valence electrons. The average molecular weight is 406 g/mol. The van der Waals surface area contributed by atoms with E-state index >= 15 is 0 Å². The third kappa shape index (κ3) is 4.22. The fraction of sp³-hybridized carbons (Fsp3) is 0.182. The quantitative estimate of drug-likeness (QED) is 0.419. The molecule has 0 aliphatic heterocycles. The molecule has 4 heteroatoms.